The van der Waals surface area contributed by atoms with Crippen LogP contribution in [0.25, 0.3) is 0 Å². The van der Waals surface area contributed by atoms with Crippen LogP contribution in [0.4, 0.5) is 4.79 Å². The molecule has 2 heterocycles. The van der Waals surface area contributed by atoms with Gasteiger partial charge < -0.3 is 14.6 Å². The van der Waals surface area contributed by atoms with Crippen molar-refractivity contribution in [3.8, 4) is 0 Å². The Kier molecular flexibility index (Phi) is 4.08. The second-order valence-corrected chi connectivity index (χ2v) is 7.52. The molecule has 6 nitrogen and oxygen atoms in total. The van der Waals surface area contributed by atoms with Gasteiger partial charge in [0.15, 0.2) is 9.84 Å². The molecule has 0 bridgehead atoms. The van der Waals surface area contributed by atoms with Crippen molar-refractivity contribution in [2.24, 2.45) is 0 Å². The lowest BCUT2D eigenvalue weighted by atomic mass is 10.2. The minimum absolute atomic E-state index is 0.0468. The summed E-state index contributed by atoms with van der Waals surface area (Å²) in [6.45, 7) is 3.67. The molecule has 20 heavy (non-hydrogen) atoms. The molecule has 112 valence electrons. The molecular formula is C13H20N2O4S. The van der Waals surface area contributed by atoms with Gasteiger partial charge in [-0.1, -0.05) is 0 Å². The average Bonchev–Trinajstić information content (AvgIpc) is 2.94. The minimum atomic E-state index is -2.99. The van der Waals surface area contributed by atoms with Crippen LogP contribution in [0.5, 0.6) is 0 Å². The quantitative estimate of drug-likeness (QED) is 0.917. The third-order valence-corrected chi connectivity index (χ3v) is 5.35. The maximum absolute atomic E-state index is 12.1. The van der Waals surface area contributed by atoms with Crippen molar-refractivity contribution in [3.05, 3.63) is 23.7 Å². The summed E-state index contributed by atoms with van der Waals surface area (Å²) >= 11 is 0. The molecule has 1 N–H and O–H groups in total. The van der Waals surface area contributed by atoms with Crippen LogP contribution in [-0.2, 0) is 9.84 Å². The third kappa shape index (κ3) is 3.33. The predicted molar refractivity (Wildman–Crippen MR) is 75.2 cm³/mol. The van der Waals surface area contributed by atoms with Gasteiger partial charge in [-0.15, -0.1) is 0 Å². The van der Waals surface area contributed by atoms with Crippen molar-refractivity contribution in [1.82, 2.24) is 10.2 Å². The van der Waals surface area contributed by atoms with Crippen LogP contribution < -0.4 is 5.32 Å². The van der Waals surface area contributed by atoms with E-state index in [0.717, 1.165) is 5.76 Å². The Bertz CT molecular complexity index is 593. The van der Waals surface area contributed by atoms with Gasteiger partial charge in [0.2, 0.25) is 0 Å². The highest BCUT2D eigenvalue weighted by Gasteiger charge is 2.33. The molecule has 1 saturated heterocycles. The van der Waals surface area contributed by atoms with Crippen molar-refractivity contribution in [2.75, 3.05) is 18.6 Å². The van der Waals surface area contributed by atoms with Crippen LogP contribution in [0.2, 0.25) is 0 Å². The Morgan fingerprint density at radius 2 is 2.20 bits per heavy atom. The largest absolute Gasteiger partial charge is 0.464 e. The van der Waals surface area contributed by atoms with Crippen LogP contribution in [0.15, 0.2) is 16.5 Å². The van der Waals surface area contributed by atoms with Gasteiger partial charge >= 0.3 is 6.03 Å². The Labute approximate surface area is 119 Å². The normalized spacial score (nSPS) is 22.4. The Balaban J connectivity index is 1.94. The molecule has 1 aliphatic heterocycles. The first-order valence-corrected chi connectivity index (χ1v) is 8.41. The number of nitrogens with one attached hydrogen (secondary N) is 1. The summed E-state index contributed by atoms with van der Waals surface area (Å²) in [4.78, 5) is 13.6. The van der Waals surface area contributed by atoms with Crippen LogP contribution in [0, 0.1) is 6.92 Å². The molecular weight excluding hydrogens is 280 g/mol. The average molecular weight is 300 g/mol. The Hall–Kier alpha value is -1.50. The number of carbonyl (C=O) groups is 1. The van der Waals surface area contributed by atoms with E-state index < -0.39 is 9.84 Å². The number of hydrogen-bond acceptors (Lipinski definition) is 4. The van der Waals surface area contributed by atoms with Crippen LogP contribution in [0.3, 0.4) is 0 Å². The summed E-state index contributed by atoms with van der Waals surface area (Å²) in [6, 6.07) is 2.88. The molecule has 0 saturated carbocycles. The number of hydrogen-bond donors (Lipinski definition) is 1. The second-order valence-electron chi connectivity index (χ2n) is 5.29. The van der Waals surface area contributed by atoms with Gasteiger partial charge in [-0.2, -0.15) is 0 Å². The van der Waals surface area contributed by atoms with Gasteiger partial charge in [-0.05, 0) is 32.4 Å². The zero-order chi connectivity index (χ0) is 14.9. The van der Waals surface area contributed by atoms with Gasteiger partial charge in [0.1, 0.15) is 11.5 Å². The van der Waals surface area contributed by atoms with Crippen LogP contribution in [-0.4, -0.2) is 43.9 Å². The topological polar surface area (TPSA) is 79.6 Å². The highest BCUT2D eigenvalue weighted by atomic mass is 32.2. The van der Waals surface area contributed by atoms with Crippen LogP contribution in [0.1, 0.15) is 30.9 Å². The van der Waals surface area contributed by atoms with Gasteiger partial charge in [-0.25, -0.2) is 13.2 Å². The minimum Gasteiger partial charge on any atom is -0.464 e. The zero-order valence-electron chi connectivity index (χ0n) is 11.9. The fraction of sp³-hybridized carbons (Fsp3) is 0.615. The van der Waals surface area contributed by atoms with E-state index >= 15 is 0 Å². The van der Waals surface area contributed by atoms with Crippen LogP contribution >= 0.6 is 0 Å². The zero-order valence-corrected chi connectivity index (χ0v) is 12.7. The number of rotatable bonds is 3. The van der Waals surface area contributed by atoms with Gasteiger partial charge in [0, 0.05) is 13.1 Å². The lowest BCUT2D eigenvalue weighted by Gasteiger charge is -2.25. The van der Waals surface area contributed by atoms with E-state index in [2.05, 4.69) is 5.32 Å². The van der Waals surface area contributed by atoms with Crippen molar-refractivity contribution >= 4 is 15.9 Å². The molecule has 7 heteroatoms. The third-order valence-electron chi connectivity index (χ3n) is 3.60. The smallest absolute Gasteiger partial charge is 0.318 e. The number of nitrogens with zero attached hydrogens (tertiary/aromatic N) is 1. The first-order valence-electron chi connectivity index (χ1n) is 6.58. The summed E-state index contributed by atoms with van der Waals surface area (Å²) in [5.41, 5.74) is 0. The van der Waals surface area contributed by atoms with E-state index in [1.54, 1.807) is 7.05 Å². The molecule has 2 unspecified atom stereocenters. The molecule has 1 fully saturated rings. The molecule has 0 aliphatic carbocycles. The molecule has 0 spiro atoms. The van der Waals surface area contributed by atoms with E-state index in [-0.39, 0.29) is 29.6 Å². The van der Waals surface area contributed by atoms with Crippen molar-refractivity contribution in [2.45, 2.75) is 32.4 Å². The van der Waals surface area contributed by atoms with Gasteiger partial charge in [0.05, 0.1) is 17.5 Å². The number of urea groups is 1. The van der Waals surface area contributed by atoms with Crippen molar-refractivity contribution in [3.63, 3.8) is 0 Å². The first kappa shape index (κ1) is 14.9. The number of aryl methyl sites for hydroxylation is 1. The fourth-order valence-electron chi connectivity index (χ4n) is 2.29. The lowest BCUT2D eigenvalue weighted by molar-refractivity contribution is 0.190. The predicted octanol–water partition coefficient (Wildman–Crippen LogP) is 1.48. The van der Waals surface area contributed by atoms with E-state index in [9.17, 15) is 13.2 Å². The number of carbonyl (C=O) groups excluding carboxylic acids is 1. The van der Waals surface area contributed by atoms with Crippen molar-refractivity contribution in [1.29, 1.82) is 0 Å². The summed E-state index contributed by atoms with van der Waals surface area (Å²) in [7, 11) is -1.37. The monoisotopic (exact) mass is 300 g/mol. The Morgan fingerprint density at radius 3 is 2.70 bits per heavy atom. The molecule has 0 aromatic carbocycles. The number of amides is 2. The molecule has 1 aliphatic rings. The van der Waals surface area contributed by atoms with E-state index in [4.69, 9.17) is 4.42 Å². The summed E-state index contributed by atoms with van der Waals surface area (Å²) < 4.78 is 28.3. The maximum Gasteiger partial charge on any atom is 0.318 e. The summed E-state index contributed by atoms with van der Waals surface area (Å²) in [5, 5.41) is 2.81. The first-order chi connectivity index (χ1) is 9.28. The highest BCUT2D eigenvalue weighted by molar-refractivity contribution is 7.91. The fourth-order valence-corrected chi connectivity index (χ4v) is 4.07. The molecule has 1 aromatic heterocycles. The van der Waals surface area contributed by atoms with Gasteiger partial charge in [0.25, 0.3) is 0 Å². The van der Waals surface area contributed by atoms with Crippen molar-refractivity contribution < 1.29 is 17.6 Å². The van der Waals surface area contributed by atoms with E-state index in [0.29, 0.717) is 12.2 Å². The lowest BCUT2D eigenvalue weighted by Crippen LogP contribution is -2.44. The standard InChI is InChI=1S/C13H20N2O4S/c1-9-4-5-12(19-9)10(2)14-13(16)15(3)11-6-7-20(17,18)8-11/h4-5,10-11H,6-8H2,1-3H3,(H,14,16). The van der Waals surface area contributed by atoms with E-state index in [1.165, 1.54) is 4.90 Å². The van der Waals surface area contributed by atoms with E-state index in [1.807, 2.05) is 26.0 Å². The number of furan rings is 1. The SMILES string of the molecule is Cc1ccc(C(C)NC(=O)N(C)C2CCS(=O)(=O)C2)o1. The molecule has 1 aromatic rings. The molecule has 2 atom stereocenters. The Morgan fingerprint density at radius 1 is 1.50 bits per heavy atom. The molecule has 0 radical (unpaired) electrons. The van der Waals surface area contributed by atoms with Gasteiger partial charge in [-0.3, -0.25) is 0 Å². The highest BCUT2D eigenvalue weighted by Crippen LogP contribution is 2.19. The summed E-state index contributed by atoms with van der Waals surface area (Å²) in [6.07, 6.45) is 0.500. The summed E-state index contributed by atoms with van der Waals surface area (Å²) in [5.74, 6) is 1.67. The number of sulfone groups is 1. The maximum atomic E-state index is 12.1. The molecule has 2 amide bonds. The second kappa shape index (κ2) is 5.47. The molecule has 2 rings (SSSR count).